The number of hydrogen-bond acceptors (Lipinski definition) is 3. The van der Waals surface area contributed by atoms with E-state index in [9.17, 15) is 5.11 Å². The van der Waals surface area contributed by atoms with Crippen LogP contribution < -0.4 is 5.32 Å². The molecule has 0 radical (unpaired) electrons. The van der Waals surface area contributed by atoms with E-state index in [0.717, 1.165) is 30.8 Å². The van der Waals surface area contributed by atoms with Crippen molar-refractivity contribution in [3.05, 3.63) is 59.4 Å². The Balaban J connectivity index is 1.90. The summed E-state index contributed by atoms with van der Waals surface area (Å²) in [5.74, 6) is 0.303. The second-order valence-corrected chi connectivity index (χ2v) is 4.23. The summed E-state index contributed by atoms with van der Waals surface area (Å²) < 4.78 is 0. The van der Waals surface area contributed by atoms with Crippen molar-refractivity contribution in [3.63, 3.8) is 0 Å². The molecule has 3 heteroatoms. The van der Waals surface area contributed by atoms with Gasteiger partial charge in [-0.3, -0.25) is 4.98 Å². The van der Waals surface area contributed by atoms with Gasteiger partial charge in [-0.15, -0.1) is 0 Å². The largest absolute Gasteiger partial charge is 0.508 e. The van der Waals surface area contributed by atoms with Crippen molar-refractivity contribution in [3.8, 4) is 5.75 Å². The molecule has 1 aromatic carbocycles. The third kappa shape index (κ3) is 3.31. The molecule has 0 spiro atoms. The maximum absolute atomic E-state index is 9.20. The highest BCUT2D eigenvalue weighted by Gasteiger charge is 2.00. The van der Waals surface area contributed by atoms with Crippen LogP contribution in [-0.2, 0) is 19.5 Å². The standard InChI is InChI=1S/C15H18N2O/c1-2-13-4-3-9-17-15(13)11-16-10-12-5-7-14(18)8-6-12/h3-9,16,18H,2,10-11H2,1H3. The average molecular weight is 242 g/mol. The molecule has 94 valence electrons. The highest BCUT2D eigenvalue weighted by atomic mass is 16.3. The molecule has 0 fully saturated rings. The summed E-state index contributed by atoms with van der Waals surface area (Å²) in [5, 5.41) is 12.6. The Morgan fingerprint density at radius 3 is 2.61 bits per heavy atom. The first-order valence-corrected chi connectivity index (χ1v) is 6.21. The van der Waals surface area contributed by atoms with Crippen LogP contribution in [0.4, 0.5) is 0 Å². The Hall–Kier alpha value is -1.87. The van der Waals surface area contributed by atoms with E-state index >= 15 is 0 Å². The summed E-state index contributed by atoms with van der Waals surface area (Å²) in [6.07, 6.45) is 2.83. The van der Waals surface area contributed by atoms with Crippen molar-refractivity contribution >= 4 is 0 Å². The molecule has 0 atom stereocenters. The number of pyridine rings is 1. The third-order valence-corrected chi connectivity index (χ3v) is 2.92. The van der Waals surface area contributed by atoms with E-state index in [4.69, 9.17) is 0 Å². The van der Waals surface area contributed by atoms with E-state index in [1.807, 2.05) is 24.4 Å². The quantitative estimate of drug-likeness (QED) is 0.847. The first-order chi connectivity index (χ1) is 8.79. The van der Waals surface area contributed by atoms with Crippen molar-refractivity contribution < 1.29 is 5.11 Å². The highest BCUT2D eigenvalue weighted by Crippen LogP contribution is 2.10. The molecule has 0 aliphatic carbocycles. The predicted octanol–water partition coefficient (Wildman–Crippen LogP) is 2.64. The van der Waals surface area contributed by atoms with Crippen LogP contribution in [0.3, 0.4) is 0 Å². The monoisotopic (exact) mass is 242 g/mol. The average Bonchev–Trinajstić information content (AvgIpc) is 2.41. The molecule has 18 heavy (non-hydrogen) atoms. The summed E-state index contributed by atoms with van der Waals surface area (Å²) in [6, 6.07) is 11.3. The smallest absolute Gasteiger partial charge is 0.115 e. The molecule has 0 amide bonds. The zero-order chi connectivity index (χ0) is 12.8. The van der Waals surface area contributed by atoms with Gasteiger partial charge in [-0.2, -0.15) is 0 Å². The number of aromatic nitrogens is 1. The maximum atomic E-state index is 9.20. The lowest BCUT2D eigenvalue weighted by Gasteiger charge is -2.08. The van der Waals surface area contributed by atoms with E-state index < -0.39 is 0 Å². The van der Waals surface area contributed by atoms with Crippen LogP contribution in [-0.4, -0.2) is 10.1 Å². The topological polar surface area (TPSA) is 45.2 Å². The number of phenols is 1. The molecule has 3 nitrogen and oxygen atoms in total. The lowest BCUT2D eigenvalue weighted by Crippen LogP contribution is -2.15. The van der Waals surface area contributed by atoms with E-state index in [2.05, 4.69) is 23.3 Å². The Kier molecular flexibility index (Phi) is 4.31. The molecule has 0 saturated carbocycles. The van der Waals surface area contributed by atoms with Gasteiger partial charge in [-0.05, 0) is 35.7 Å². The summed E-state index contributed by atoms with van der Waals surface area (Å²) in [7, 11) is 0. The molecular formula is C15H18N2O. The number of rotatable bonds is 5. The zero-order valence-corrected chi connectivity index (χ0v) is 10.6. The maximum Gasteiger partial charge on any atom is 0.115 e. The summed E-state index contributed by atoms with van der Waals surface area (Å²) in [6.45, 7) is 3.69. The minimum Gasteiger partial charge on any atom is -0.508 e. The number of aromatic hydroxyl groups is 1. The van der Waals surface area contributed by atoms with Gasteiger partial charge in [0.1, 0.15) is 5.75 Å². The molecule has 1 aromatic heterocycles. The van der Waals surface area contributed by atoms with E-state index in [1.54, 1.807) is 12.1 Å². The minimum atomic E-state index is 0.303. The van der Waals surface area contributed by atoms with Crippen LogP contribution >= 0.6 is 0 Å². The fraction of sp³-hybridized carbons (Fsp3) is 0.267. The molecule has 2 rings (SSSR count). The molecule has 0 aliphatic rings. The SMILES string of the molecule is CCc1cccnc1CNCc1ccc(O)cc1. The van der Waals surface area contributed by atoms with Crippen molar-refractivity contribution in [2.75, 3.05) is 0 Å². The highest BCUT2D eigenvalue weighted by molar-refractivity contribution is 5.26. The van der Waals surface area contributed by atoms with Crippen molar-refractivity contribution in [2.45, 2.75) is 26.4 Å². The molecular weight excluding hydrogens is 224 g/mol. The van der Waals surface area contributed by atoms with Gasteiger partial charge in [0.15, 0.2) is 0 Å². The zero-order valence-electron chi connectivity index (χ0n) is 10.6. The van der Waals surface area contributed by atoms with Gasteiger partial charge < -0.3 is 10.4 Å². The van der Waals surface area contributed by atoms with Crippen LogP contribution in [0.1, 0.15) is 23.7 Å². The summed E-state index contributed by atoms with van der Waals surface area (Å²) in [5.41, 5.74) is 3.55. The molecule has 0 aliphatic heterocycles. The number of hydrogen-bond donors (Lipinski definition) is 2. The van der Waals surface area contributed by atoms with E-state index in [0.29, 0.717) is 5.75 Å². The van der Waals surface area contributed by atoms with Crippen molar-refractivity contribution in [2.24, 2.45) is 0 Å². The van der Waals surface area contributed by atoms with Gasteiger partial charge in [-0.25, -0.2) is 0 Å². The minimum absolute atomic E-state index is 0.303. The third-order valence-electron chi connectivity index (χ3n) is 2.92. The number of benzene rings is 1. The predicted molar refractivity (Wildman–Crippen MR) is 72.3 cm³/mol. The second-order valence-electron chi connectivity index (χ2n) is 4.23. The molecule has 0 bridgehead atoms. The van der Waals surface area contributed by atoms with E-state index in [1.165, 1.54) is 5.56 Å². The molecule has 0 saturated heterocycles. The fourth-order valence-electron chi connectivity index (χ4n) is 1.89. The first-order valence-electron chi connectivity index (χ1n) is 6.21. The van der Waals surface area contributed by atoms with Crippen molar-refractivity contribution in [1.29, 1.82) is 0 Å². The van der Waals surface area contributed by atoms with Crippen LogP contribution in [0.25, 0.3) is 0 Å². The fourth-order valence-corrected chi connectivity index (χ4v) is 1.89. The Bertz CT molecular complexity index is 494. The second kappa shape index (κ2) is 6.17. The summed E-state index contributed by atoms with van der Waals surface area (Å²) in [4.78, 5) is 4.39. The molecule has 2 aromatic rings. The van der Waals surface area contributed by atoms with Gasteiger partial charge in [0.25, 0.3) is 0 Å². The Morgan fingerprint density at radius 1 is 1.11 bits per heavy atom. The van der Waals surface area contributed by atoms with E-state index in [-0.39, 0.29) is 0 Å². The number of nitrogens with zero attached hydrogens (tertiary/aromatic N) is 1. The molecule has 1 heterocycles. The van der Waals surface area contributed by atoms with Gasteiger partial charge in [-0.1, -0.05) is 25.1 Å². The first kappa shape index (κ1) is 12.6. The van der Waals surface area contributed by atoms with Gasteiger partial charge in [0.05, 0.1) is 5.69 Å². The van der Waals surface area contributed by atoms with Crippen LogP contribution in [0.5, 0.6) is 5.75 Å². The number of aryl methyl sites for hydroxylation is 1. The van der Waals surface area contributed by atoms with Gasteiger partial charge in [0, 0.05) is 19.3 Å². The summed E-state index contributed by atoms with van der Waals surface area (Å²) >= 11 is 0. The van der Waals surface area contributed by atoms with Crippen LogP contribution in [0.2, 0.25) is 0 Å². The van der Waals surface area contributed by atoms with Crippen LogP contribution in [0.15, 0.2) is 42.6 Å². The van der Waals surface area contributed by atoms with Gasteiger partial charge in [0.2, 0.25) is 0 Å². The lowest BCUT2D eigenvalue weighted by atomic mass is 10.1. The number of nitrogens with one attached hydrogen (secondary N) is 1. The Morgan fingerprint density at radius 2 is 1.89 bits per heavy atom. The lowest BCUT2D eigenvalue weighted by molar-refractivity contribution is 0.475. The Labute approximate surface area is 108 Å². The normalized spacial score (nSPS) is 10.5. The molecule has 2 N–H and O–H groups in total. The number of phenolic OH excluding ortho intramolecular Hbond substituents is 1. The van der Waals surface area contributed by atoms with Crippen molar-refractivity contribution in [1.82, 2.24) is 10.3 Å². The van der Waals surface area contributed by atoms with Gasteiger partial charge >= 0.3 is 0 Å². The molecule has 0 unspecified atom stereocenters. The van der Waals surface area contributed by atoms with Crippen LogP contribution in [0, 0.1) is 0 Å².